The van der Waals surface area contributed by atoms with E-state index in [4.69, 9.17) is 0 Å². The van der Waals surface area contributed by atoms with Crippen molar-refractivity contribution in [3.63, 3.8) is 0 Å². The van der Waals surface area contributed by atoms with Gasteiger partial charge in [-0.3, -0.25) is 9.69 Å². The Morgan fingerprint density at radius 1 is 1.32 bits per heavy atom. The normalized spacial score (nSPS) is 20.3. The van der Waals surface area contributed by atoms with E-state index in [1.807, 2.05) is 14.1 Å². The van der Waals surface area contributed by atoms with E-state index in [0.717, 1.165) is 32.5 Å². The van der Waals surface area contributed by atoms with Crippen LogP contribution in [0, 0.1) is 12.8 Å². The van der Waals surface area contributed by atoms with Gasteiger partial charge in [-0.1, -0.05) is 29.8 Å². The van der Waals surface area contributed by atoms with Crippen molar-refractivity contribution in [2.45, 2.75) is 26.3 Å². The molecular formula is C16H24N2O. The summed E-state index contributed by atoms with van der Waals surface area (Å²) in [5.74, 6) is 0.447. The Morgan fingerprint density at radius 2 is 2.00 bits per heavy atom. The monoisotopic (exact) mass is 260 g/mol. The zero-order valence-corrected chi connectivity index (χ0v) is 12.2. The molecule has 3 heteroatoms. The van der Waals surface area contributed by atoms with E-state index < -0.39 is 0 Å². The van der Waals surface area contributed by atoms with Crippen LogP contribution in [-0.4, -0.2) is 42.9 Å². The number of carbonyl (C=O) groups is 1. The molecule has 1 saturated heterocycles. The lowest BCUT2D eigenvalue weighted by atomic mass is 9.96. The van der Waals surface area contributed by atoms with Gasteiger partial charge in [-0.2, -0.15) is 0 Å². The fourth-order valence-corrected chi connectivity index (χ4v) is 2.72. The number of aryl methyl sites for hydroxylation is 1. The molecule has 1 aromatic rings. The number of likely N-dealkylation sites (tertiary alicyclic amines) is 1. The minimum absolute atomic E-state index is 0.175. The van der Waals surface area contributed by atoms with Crippen LogP contribution in [0.2, 0.25) is 0 Å². The first-order valence-corrected chi connectivity index (χ1v) is 7.05. The summed E-state index contributed by atoms with van der Waals surface area (Å²) in [5.41, 5.74) is 2.63. The maximum absolute atomic E-state index is 12.0. The van der Waals surface area contributed by atoms with Gasteiger partial charge in [-0.15, -0.1) is 0 Å². The van der Waals surface area contributed by atoms with Gasteiger partial charge in [0.25, 0.3) is 0 Å². The summed E-state index contributed by atoms with van der Waals surface area (Å²) < 4.78 is 0. The van der Waals surface area contributed by atoms with Crippen molar-refractivity contribution >= 4 is 5.91 Å². The fourth-order valence-electron chi connectivity index (χ4n) is 2.72. The number of carbonyl (C=O) groups excluding carboxylic acids is 1. The van der Waals surface area contributed by atoms with E-state index in [2.05, 4.69) is 36.1 Å². The van der Waals surface area contributed by atoms with E-state index >= 15 is 0 Å². The molecule has 104 valence electrons. The lowest BCUT2D eigenvalue weighted by Crippen LogP contribution is -2.42. The molecule has 0 spiro atoms. The molecule has 1 atom stereocenters. The van der Waals surface area contributed by atoms with Crippen LogP contribution in [0.1, 0.15) is 24.0 Å². The van der Waals surface area contributed by atoms with E-state index in [0.29, 0.717) is 0 Å². The lowest BCUT2D eigenvalue weighted by Gasteiger charge is -2.33. The van der Waals surface area contributed by atoms with Crippen LogP contribution in [0.3, 0.4) is 0 Å². The highest BCUT2D eigenvalue weighted by Crippen LogP contribution is 2.20. The Balaban J connectivity index is 1.94. The van der Waals surface area contributed by atoms with Gasteiger partial charge in [0.2, 0.25) is 5.91 Å². The zero-order chi connectivity index (χ0) is 13.8. The van der Waals surface area contributed by atoms with Crippen molar-refractivity contribution < 1.29 is 4.79 Å². The molecule has 1 aliphatic heterocycles. The van der Waals surface area contributed by atoms with Crippen molar-refractivity contribution in [1.82, 2.24) is 9.80 Å². The summed E-state index contributed by atoms with van der Waals surface area (Å²) in [7, 11) is 3.70. The number of hydrogen-bond acceptors (Lipinski definition) is 2. The van der Waals surface area contributed by atoms with Crippen LogP contribution in [0.5, 0.6) is 0 Å². The first-order valence-electron chi connectivity index (χ1n) is 7.05. The summed E-state index contributed by atoms with van der Waals surface area (Å²) in [6, 6.07) is 8.68. The second-order valence-corrected chi connectivity index (χ2v) is 5.79. The standard InChI is InChI=1S/C16H24N2O/c1-13-6-8-14(9-7-13)11-18-10-4-5-15(12-18)16(19)17(2)3/h6-9,15H,4-5,10-12H2,1-3H3. The molecule has 1 fully saturated rings. The zero-order valence-electron chi connectivity index (χ0n) is 12.2. The summed E-state index contributed by atoms with van der Waals surface area (Å²) in [5, 5.41) is 0. The quantitative estimate of drug-likeness (QED) is 0.832. The molecule has 0 aromatic heterocycles. The van der Waals surface area contributed by atoms with Gasteiger partial charge in [-0.05, 0) is 31.9 Å². The van der Waals surface area contributed by atoms with Crippen LogP contribution in [0.15, 0.2) is 24.3 Å². The van der Waals surface area contributed by atoms with E-state index in [1.165, 1.54) is 11.1 Å². The highest BCUT2D eigenvalue weighted by Gasteiger charge is 2.26. The average molecular weight is 260 g/mol. The van der Waals surface area contributed by atoms with Crippen LogP contribution in [-0.2, 0) is 11.3 Å². The number of nitrogens with zero attached hydrogens (tertiary/aromatic N) is 2. The van der Waals surface area contributed by atoms with Crippen molar-refractivity contribution in [1.29, 1.82) is 0 Å². The first-order chi connectivity index (χ1) is 9.06. The van der Waals surface area contributed by atoms with Gasteiger partial charge >= 0.3 is 0 Å². The highest BCUT2D eigenvalue weighted by molar-refractivity contribution is 5.78. The smallest absolute Gasteiger partial charge is 0.226 e. The predicted octanol–water partition coefficient (Wildman–Crippen LogP) is 2.30. The molecular weight excluding hydrogens is 236 g/mol. The van der Waals surface area contributed by atoms with Gasteiger partial charge in [0.1, 0.15) is 0 Å². The predicted molar refractivity (Wildman–Crippen MR) is 77.9 cm³/mol. The molecule has 0 saturated carbocycles. The largest absolute Gasteiger partial charge is 0.349 e. The maximum Gasteiger partial charge on any atom is 0.226 e. The average Bonchev–Trinajstić information content (AvgIpc) is 2.41. The Labute approximate surface area is 116 Å². The Kier molecular flexibility index (Phi) is 4.59. The third-order valence-electron chi connectivity index (χ3n) is 3.82. The van der Waals surface area contributed by atoms with Gasteiger partial charge in [0, 0.05) is 27.2 Å². The number of amides is 1. The third-order valence-corrected chi connectivity index (χ3v) is 3.82. The minimum atomic E-state index is 0.175. The van der Waals surface area contributed by atoms with Crippen molar-refractivity contribution in [3.05, 3.63) is 35.4 Å². The number of hydrogen-bond donors (Lipinski definition) is 0. The van der Waals surface area contributed by atoms with E-state index in [1.54, 1.807) is 4.90 Å². The molecule has 0 aliphatic carbocycles. The summed E-state index contributed by atoms with van der Waals surface area (Å²) in [6.07, 6.45) is 2.15. The van der Waals surface area contributed by atoms with Crippen LogP contribution >= 0.6 is 0 Å². The summed E-state index contributed by atoms with van der Waals surface area (Å²) >= 11 is 0. The topological polar surface area (TPSA) is 23.6 Å². The van der Waals surface area contributed by atoms with Crippen LogP contribution in [0.25, 0.3) is 0 Å². The maximum atomic E-state index is 12.0. The second-order valence-electron chi connectivity index (χ2n) is 5.79. The molecule has 1 aromatic carbocycles. The molecule has 2 rings (SSSR count). The van der Waals surface area contributed by atoms with Crippen molar-refractivity contribution in [2.75, 3.05) is 27.2 Å². The Morgan fingerprint density at radius 3 is 2.63 bits per heavy atom. The Bertz CT molecular complexity index is 425. The molecule has 0 bridgehead atoms. The number of benzene rings is 1. The van der Waals surface area contributed by atoms with Crippen molar-refractivity contribution in [3.8, 4) is 0 Å². The van der Waals surface area contributed by atoms with E-state index in [9.17, 15) is 4.79 Å². The molecule has 1 amide bonds. The van der Waals surface area contributed by atoms with Crippen molar-refractivity contribution in [2.24, 2.45) is 5.92 Å². The van der Waals surface area contributed by atoms with E-state index in [-0.39, 0.29) is 11.8 Å². The molecule has 19 heavy (non-hydrogen) atoms. The SMILES string of the molecule is Cc1ccc(CN2CCCC(C(=O)N(C)C)C2)cc1. The molecule has 1 unspecified atom stereocenters. The number of piperidine rings is 1. The third kappa shape index (κ3) is 3.80. The molecule has 1 heterocycles. The minimum Gasteiger partial charge on any atom is -0.349 e. The molecule has 3 nitrogen and oxygen atoms in total. The number of rotatable bonds is 3. The van der Waals surface area contributed by atoms with Gasteiger partial charge in [-0.25, -0.2) is 0 Å². The molecule has 0 radical (unpaired) electrons. The summed E-state index contributed by atoms with van der Waals surface area (Å²) in [4.78, 5) is 16.2. The highest BCUT2D eigenvalue weighted by atomic mass is 16.2. The second kappa shape index (κ2) is 6.20. The van der Waals surface area contributed by atoms with Gasteiger partial charge in [0.15, 0.2) is 0 Å². The summed E-state index contributed by atoms with van der Waals surface area (Å²) in [6.45, 7) is 5.06. The Hall–Kier alpha value is -1.35. The molecule has 1 aliphatic rings. The lowest BCUT2D eigenvalue weighted by molar-refractivity contribution is -0.134. The van der Waals surface area contributed by atoms with Crippen LogP contribution in [0.4, 0.5) is 0 Å². The van der Waals surface area contributed by atoms with Gasteiger partial charge in [0.05, 0.1) is 5.92 Å². The first kappa shape index (κ1) is 14.1. The molecule has 0 N–H and O–H groups in total. The van der Waals surface area contributed by atoms with Crippen LogP contribution < -0.4 is 0 Å². The fraction of sp³-hybridized carbons (Fsp3) is 0.562. The van der Waals surface area contributed by atoms with Gasteiger partial charge < -0.3 is 4.90 Å².